The van der Waals surface area contributed by atoms with Crippen LogP contribution in [0.3, 0.4) is 0 Å². The molecule has 70 heteroatoms. The minimum absolute atomic E-state index is 0.227. The van der Waals surface area contributed by atoms with Crippen molar-refractivity contribution in [3.63, 3.8) is 0 Å². The first kappa shape index (κ1) is 98.2. The number of rotatable bonds is 47. The van der Waals surface area contributed by atoms with Crippen LogP contribution < -0.4 is 0 Å². The predicted octanol–water partition coefficient (Wildman–Crippen LogP) is -4.97. The summed E-state index contributed by atoms with van der Waals surface area (Å²) in [6.07, 6.45) is -5.21. The monoisotopic (exact) mass is 1740 g/mol. The Morgan fingerprint density at radius 1 is 0.146 bits per heavy atom. The van der Waals surface area contributed by atoms with Crippen LogP contribution in [0.15, 0.2) is 0 Å². The van der Waals surface area contributed by atoms with Crippen molar-refractivity contribution in [2.45, 2.75) is 95.6 Å². The molecule has 0 rings (SSSR count). The largest absolute Gasteiger partial charge is 0.355 e. The third-order valence-corrected chi connectivity index (χ3v) is 41.3. The summed E-state index contributed by atoms with van der Waals surface area (Å²) in [5, 5.41) is 0. The molecule has 0 heterocycles. The lowest BCUT2D eigenvalue weighted by Crippen LogP contribution is -2.45. The Bertz CT molecular complexity index is 2590. The van der Waals surface area contributed by atoms with Gasteiger partial charge in [0.05, 0.1) is 0 Å². The molecule has 0 aliphatic heterocycles. The van der Waals surface area contributed by atoms with Crippen LogP contribution in [-0.2, 0) is 73.0 Å². The highest BCUT2D eigenvalue weighted by atomic mass is 31.3. The van der Waals surface area contributed by atoms with Crippen molar-refractivity contribution in [1.82, 2.24) is 29.4 Å². The number of unbranched alkanes of at least 4 members (excludes halogenated alkanes) is 3. The predicted molar refractivity (Wildman–Crippen MR) is 320 cm³/mol. The molecule has 32 N–H and O–H groups in total. The zero-order valence-corrected chi connectivity index (χ0v) is 62.3. The van der Waals surface area contributed by atoms with E-state index >= 15 is 0 Å². The fourth-order valence-corrected chi connectivity index (χ4v) is 34.0. The van der Waals surface area contributed by atoms with Crippen LogP contribution in [0.2, 0.25) is 0 Å². The second-order valence-electron chi connectivity index (χ2n) is 20.7. The lowest BCUT2D eigenvalue weighted by Gasteiger charge is -2.38. The summed E-state index contributed by atoms with van der Waals surface area (Å²) in [4.78, 5) is 317. The molecule has 0 aliphatic rings. The van der Waals surface area contributed by atoms with E-state index in [1.54, 1.807) is 0 Å². The van der Waals surface area contributed by atoms with Gasteiger partial charge in [-0.1, -0.05) is 12.8 Å². The summed E-state index contributed by atoms with van der Waals surface area (Å²) in [7, 11) is -104. The van der Waals surface area contributed by atoms with E-state index in [9.17, 15) is 230 Å². The van der Waals surface area contributed by atoms with Crippen LogP contribution in [0.1, 0.15) is 51.4 Å². The third-order valence-electron chi connectivity index (χ3n) is 12.4. The molecule has 54 nitrogen and oxygen atoms in total. The lowest BCUT2D eigenvalue weighted by molar-refractivity contribution is 0.169. The third kappa shape index (κ3) is 32.7. The Balaban J connectivity index is 8.00. The highest BCUT2D eigenvalue weighted by Crippen LogP contribution is 2.73. The summed E-state index contributed by atoms with van der Waals surface area (Å²) in [6.45, 7) is -10.8. The molecular weight excluding hydrogens is 1660 g/mol. The van der Waals surface area contributed by atoms with E-state index in [2.05, 4.69) is 0 Å². The van der Waals surface area contributed by atoms with Gasteiger partial charge < -0.3 is 166 Å². The zero-order chi connectivity index (χ0) is 76.8. The molecule has 0 radical (unpaired) electrons. The highest BCUT2D eigenvalue weighted by Gasteiger charge is 2.62. The quantitative estimate of drug-likeness (QED) is 0.0200. The molecule has 0 aromatic rings. The molecular formula is C26H76N6O48P16. The van der Waals surface area contributed by atoms with Gasteiger partial charge in [-0.3, -0.25) is 92.6 Å². The Morgan fingerprint density at radius 3 is 0.333 bits per heavy atom. The fourth-order valence-electron chi connectivity index (χ4n) is 9.66. The minimum Gasteiger partial charge on any atom is -0.323 e. The molecule has 0 spiro atoms. The zero-order valence-electron chi connectivity index (χ0n) is 48.0. The summed E-state index contributed by atoms with van der Waals surface area (Å²) in [5.74, 6) is 0. The second-order valence-corrected chi connectivity index (χ2v) is 50.6. The SMILES string of the molecule is O=P(O)(O)C(N(CCCN(CCCCCCN(CCCN(C(P(=O)(O)O)P(=O)(O)O)C(P(=O)(O)O)P(=O)(O)O)CCCN(C(P(=O)(O)O)P(=O)(O)O)C(P(=O)(O)O)P(=O)(O)O)CCCN(C(P(=O)(O)O)P(=O)(O)O)C(P(=O)(O)O)P(=O)(O)O)C(P(=O)(O)O)P(=O)(O)O)P(=O)(O)O. The Hall–Kier alpha value is 2.16. The van der Waals surface area contributed by atoms with E-state index in [0.717, 1.165) is 9.80 Å². The Morgan fingerprint density at radius 2 is 0.240 bits per heavy atom. The molecule has 0 saturated carbocycles. The van der Waals surface area contributed by atoms with Crippen LogP contribution in [0, 0.1) is 0 Å². The van der Waals surface area contributed by atoms with Gasteiger partial charge in [-0.15, -0.1) is 0 Å². The molecule has 0 fully saturated rings. The molecule has 0 aliphatic carbocycles. The van der Waals surface area contributed by atoms with Gasteiger partial charge in [0, 0.05) is 26.2 Å². The molecule has 0 unspecified atom stereocenters. The lowest BCUT2D eigenvalue weighted by atomic mass is 10.1. The second kappa shape index (κ2) is 35.9. The van der Waals surface area contributed by atoms with Gasteiger partial charge in [-0.2, -0.15) is 0 Å². The van der Waals surface area contributed by atoms with E-state index in [-0.39, 0.29) is 25.7 Å². The number of hydrogen-bond acceptors (Lipinski definition) is 22. The van der Waals surface area contributed by atoms with Crippen molar-refractivity contribution >= 4 is 122 Å². The van der Waals surface area contributed by atoms with Crippen molar-refractivity contribution < 1.29 is 230 Å². The van der Waals surface area contributed by atoms with E-state index in [0.29, 0.717) is 0 Å². The first-order valence-corrected chi connectivity index (χ1v) is 52.1. The number of nitrogens with zero attached hydrogens (tertiary/aromatic N) is 6. The maximum Gasteiger partial charge on any atom is 0.355 e. The molecule has 0 atom stereocenters. The van der Waals surface area contributed by atoms with E-state index in [1.165, 1.54) is 0 Å². The molecule has 0 saturated heterocycles. The first-order chi connectivity index (χ1) is 41.9. The van der Waals surface area contributed by atoms with Crippen molar-refractivity contribution in [2.75, 3.05) is 65.4 Å². The average molecular weight is 1740 g/mol. The van der Waals surface area contributed by atoms with Crippen LogP contribution in [0.25, 0.3) is 0 Å². The van der Waals surface area contributed by atoms with Crippen LogP contribution >= 0.6 is 122 Å². The molecule has 96 heavy (non-hydrogen) atoms. The summed E-state index contributed by atoms with van der Waals surface area (Å²) >= 11 is 0. The van der Waals surface area contributed by atoms with Crippen molar-refractivity contribution in [1.29, 1.82) is 0 Å². The highest BCUT2D eigenvalue weighted by molar-refractivity contribution is 7.75. The molecule has 0 aromatic heterocycles. The van der Waals surface area contributed by atoms with Gasteiger partial charge in [0.2, 0.25) is 44.2 Å². The van der Waals surface area contributed by atoms with E-state index < -0.39 is 276 Å². The first-order valence-electron chi connectivity index (χ1n) is 25.2. The van der Waals surface area contributed by atoms with Gasteiger partial charge in [-0.25, -0.2) is 0 Å². The van der Waals surface area contributed by atoms with Crippen LogP contribution in [-0.4, -0.2) is 296 Å². The van der Waals surface area contributed by atoms with Crippen LogP contribution in [0.5, 0.6) is 0 Å². The molecule has 578 valence electrons. The summed E-state index contributed by atoms with van der Waals surface area (Å²) in [6, 6.07) is 0. The van der Waals surface area contributed by atoms with Gasteiger partial charge >= 0.3 is 122 Å². The van der Waals surface area contributed by atoms with Gasteiger partial charge in [0.1, 0.15) is 0 Å². The topological polar surface area (TPSA) is 940 Å². The maximum atomic E-state index is 12.5. The van der Waals surface area contributed by atoms with Crippen molar-refractivity contribution in [3.8, 4) is 0 Å². The maximum absolute atomic E-state index is 12.5. The van der Waals surface area contributed by atoms with E-state index in [4.69, 9.17) is 0 Å². The normalized spacial score (nSPS) is 15.5. The summed E-state index contributed by atoms with van der Waals surface area (Å²) < 4.78 is 199. The van der Waals surface area contributed by atoms with Gasteiger partial charge in [0.25, 0.3) is 0 Å². The summed E-state index contributed by atoms with van der Waals surface area (Å²) in [5.41, 5.74) is -30.1. The van der Waals surface area contributed by atoms with Crippen molar-refractivity contribution in [2.24, 2.45) is 0 Å². The minimum atomic E-state index is -6.47. The van der Waals surface area contributed by atoms with E-state index in [1.807, 2.05) is 0 Å². The average Bonchev–Trinajstić information content (AvgIpc) is 0.785. The molecule has 0 bridgehead atoms. The molecule has 0 amide bonds. The Labute approximate surface area is 539 Å². The Kier molecular flexibility index (Phi) is 36.7. The fraction of sp³-hybridized carbons (Fsp3) is 1.00. The number of hydrogen-bond donors (Lipinski definition) is 32. The van der Waals surface area contributed by atoms with Gasteiger partial charge in [0.15, 0.2) is 0 Å². The molecule has 0 aromatic carbocycles. The van der Waals surface area contributed by atoms with Crippen molar-refractivity contribution in [3.05, 3.63) is 0 Å². The van der Waals surface area contributed by atoms with Gasteiger partial charge in [-0.05, 0) is 77.8 Å². The standard InChI is InChI=1S/C26H76N6O48P16/c33-81(34,35)19(82(36,37)38)29(20(83(39,40)41)84(42,43)44)15-5-11-27(12-6-16-30(21(85(45,46)47)86(48,49)50)22(87(51,52)53)88(54,55)56)9-3-1-2-4-10-28(13-7-17-31(23(89(57,58)59)90(60,61)62)24(91(63,64)65)92(66,67)68)14-8-18-32(25(93(69,70)71)94(72,73)74)26(95(75,76)77)96(78,79)80/h19-26H,1-18H2,(H2,33,34,35)(H2,36,37,38)(H2,39,40,41)(H2,42,43,44)(H2,45,46,47)(H2,48,49,50)(H2,51,52,53)(H2,54,55,56)(H2,57,58,59)(H2,60,61,62)(H2,63,64,65)(H2,66,67,68)(H2,69,70,71)(H2,72,73,74)(H2,75,76,77)(H2,78,79,80). The van der Waals surface area contributed by atoms with Crippen LogP contribution in [0.4, 0.5) is 0 Å². The smallest absolute Gasteiger partial charge is 0.323 e.